The Morgan fingerprint density at radius 3 is 1.20 bits per heavy atom. The first-order valence-corrected chi connectivity index (χ1v) is 28.7. The highest BCUT2D eigenvalue weighted by Crippen LogP contribution is 2.43. The standard InChI is InChI=1S/C50H64Cl4N6O14S2/c1-59(2)43-29-37-39(25-31(51)27-41(37)53)47(43)73-33-5-9-35(10-6-33)75(65,66)57-15-19-71-23-21-69-17-13-55-49(63)45(61)46(62)50(64)56-14-18-70-22-24-72-20-16-58-76(67,68)36-11-7-34(8-12-36)74-48-40-26-32(52)28-42(54)38(40)30-44(48)60(3)4/h5-12,25-28,43-48,57-58,61-62H,13-24,29-30H2,1-4H3,(H,55,63)(H,56,64)/t43-,44-,45-,46-,47-,48-/m0/s1. The lowest BCUT2D eigenvalue weighted by atomic mass is 10.1. The van der Waals surface area contributed by atoms with Gasteiger partial charge < -0.3 is 59.1 Å². The average molecular weight is 1180 g/mol. The molecule has 76 heavy (non-hydrogen) atoms. The average Bonchev–Trinajstić information content (AvgIpc) is 3.93. The molecule has 0 radical (unpaired) electrons. The lowest BCUT2D eigenvalue weighted by Gasteiger charge is -2.27. The quantitative estimate of drug-likeness (QED) is 0.0392. The van der Waals surface area contributed by atoms with Crippen molar-refractivity contribution in [1.29, 1.82) is 0 Å². The fraction of sp³-hybridized carbons (Fsp3) is 0.480. The lowest BCUT2D eigenvalue weighted by Crippen LogP contribution is -2.50. The number of sulfonamides is 2. The first kappa shape index (κ1) is 61.3. The van der Waals surface area contributed by atoms with E-state index in [0.717, 1.165) is 22.3 Å². The van der Waals surface area contributed by atoms with Gasteiger partial charge in [-0.25, -0.2) is 26.3 Å². The van der Waals surface area contributed by atoms with E-state index in [4.69, 9.17) is 74.8 Å². The Bertz CT molecular complexity index is 2610. The molecule has 2 aliphatic rings. The molecule has 0 bridgehead atoms. The number of hydrogen-bond donors (Lipinski definition) is 6. The van der Waals surface area contributed by atoms with Crippen LogP contribution in [0.5, 0.6) is 11.5 Å². The monoisotopic (exact) mass is 1180 g/mol. The molecule has 6 atom stereocenters. The van der Waals surface area contributed by atoms with Crippen molar-refractivity contribution in [3.63, 3.8) is 0 Å². The summed E-state index contributed by atoms with van der Waals surface area (Å²) < 4.78 is 90.9. The van der Waals surface area contributed by atoms with Crippen molar-refractivity contribution in [2.24, 2.45) is 0 Å². The summed E-state index contributed by atoms with van der Waals surface area (Å²) in [5, 5.41) is 27.2. The number of likely N-dealkylation sites (N-methyl/N-ethyl adjacent to an activating group) is 2. The fourth-order valence-electron chi connectivity index (χ4n) is 8.41. The van der Waals surface area contributed by atoms with E-state index in [9.17, 15) is 36.6 Å². The summed E-state index contributed by atoms with van der Waals surface area (Å²) in [5.74, 6) is -1.02. The maximum absolute atomic E-state index is 12.9. The third kappa shape index (κ3) is 17.0. The molecule has 0 aliphatic heterocycles. The van der Waals surface area contributed by atoms with Gasteiger partial charge in [0.2, 0.25) is 20.0 Å². The highest BCUT2D eigenvalue weighted by Gasteiger charge is 2.39. The minimum atomic E-state index is -3.85. The number of aliphatic hydroxyl groups excluding tert-OH is 2. The molecule has 0 unspecified atom stereocenters. The van der Waals surface area contributed by atoms with Crippen LogP contribution in [-0.2, 0) is 61.4 Å². The predicted octanol–water partition coefficient (Wildman–Crippen LogP) is 3.79. The Balaban J connectivity index is 0.752. The minimum absolute atomic E-state index is 0.00550. The van der Waals surface area contributed by atoms with Gasteiger partial charge in [0.25, 0.3) is 11.8 Å². The van der Waals surface area contributed by atoms with E-state index < -0.39 is 44.1 Å². The lowest BCUT2D eigenvalue weighted by molar-refractivity contribution is -0.146. The summed E-state index contributed by atoms with van der Waals surface area (Å²) in [6, 6.07) is 19.3. The van der Waals surface area contributed by atoms with Crippen LogP contribution < -0.4 is 29.6 Å². The third-order valence-electron chi connectivity index (χ3n) is 12.4. The summed E-state index contributed by atoms with van der Waals surface area (Å²) in [6.45, 7) is 0.513. The summed E-state index contributed by atoms with van der Waals surface area (Å²) >= 11 is 25.5. The van der Waals surface area contributed by atoms with Gasteiger partial charge >= 0.3 is 0 Å². The summed E-state index contributed by atoms with van der Waals surface area (Å²) in [4.78, 5) is 28.8. The zero-order valence-corrected chi connectivity index (χ0v) is 47.0. The van der Waals surface area contributed by atoms with Crippen LogP contribution in [-0.4, -0.2) is 180 Å². The molecule has 0 fully saturated rings. The first-order valence-electron chi connectivity index (χ1n) is 24.2. The maximum atomic E-state index is 12.9. The number of aliphatic hydroxyl groups is 2. The molecule has 26 heteroatoms. The molecule has 0 heterocycles. The molecule has 0 saturated carbocycles. The molecular weight excluding hydrogens is 1110 g/mol. The van der Waals surface area contributed by atoms with Crippen molar-refractivity contribution in [3.8, 4) is 11.5 Å². The number of ether oxygens (including phenoxy) is 6. The van der Waals surface area contributed by atoms with Crippen molar-refractivity contribution in [2.75, 3.05) is 107 Å². The van der Waals surface area contributed by atoms with E-state index in [-0.39, 0.29) is 113 Å². The molecule has 0 spiro atoms. The van der Waals surface area contributed by atoms with Crippen molar-refractivity contribution in [2.45, 2.75) is 59.1 Å². The Labute approximate surface area is 463 Å². The number of carbonyl (C=O) groups is 2. The fourth-order valence-corrected chi connectivity index (χ4v) is 11.6. The van der Waals surface area contributed by atoms with Gasteiger partial charge in [-0.05, 0) is 125 Å². The Morgan fingerprint density at radius 2 is 0.868 bits per heavy atom. The van der Waals surface area contributed by atoms with Gasteiger partial charge in [0, 0.05) is 57.4 Å². The smallest absolute Gasteiger partial charge is 0.252 e. The molecule has 2 amide bonds. The Kier molecular flexibility index (Phi) is 23.2. The topological polar surface area (TPSA) is 253 Å². The number of benzene rings is 4. The summed E-state index contributed by atoms with van der Waals surface area (Å²) in [7, 11) is 0.121. The largest absolute Gasteiger partial charge is 0.484 e. The molecule has 418 valence electrons. The molecule has 2 aliphatic carbocycles. The predicted molar refractivity (Wildman–Crippen MR) is 287 cm³/mol. The van der Waals surface area contributed by atoms with Gasteiger partial charge in [-0.3, -0.25) is 9.59 Å². The summed E-state index contributed by atoms with van der Waals surface area (Å²) in [6.07, 6.45) is -3.48. The van der Waals surface area contributed by atoms with Gasteiger partial charge in [-0.15, -0.1) is 0 Å². The van der Waals surface area contributed by atoms with E-state index in [1.165, 1.54) is 24.3 Å². The molecule has 4 aromatic carbocycles. The number of halogens is 4. The molecule has 4 aromatic rings. The van der Waals surface area contributed by atoms with Crippen LogP contribution in [0.15, 0.2) is 82.6 Å². The van der Waals surface area contributed by atoms with E-state index in [1.54, 1.807) is 36.4 Å². The summed E-state index contributed by atoms with van der Waals surface area (Å²) in [5.41, 5.74) is 3.72. The zero-order chi connectivity index (χ0) is 55.2. The van der Waals surface area contributed by atoms with Crippen LogP contribution in [0.1, 0.15) is 34.5 Å². The van der Waals surface area contributed by atoms with E-state index in [2.05, 4.69) is 29.9 Å². The number of nitrogens with zero attached hydrogens (tertiary/aromatic N) is 2. The highest BCUT2D eigenvalue weighted by atomic mass is 35.5. The molecule has 6 N–H and O–H groups in total. The molecule has 0 saturated heterocycles. The third-order valence-corrected chi connectivity index (χ3v) is 16.5. The number of amides is 2. The molecule has 20 nitrogen and oxygen atoms in total. The number of hydrogen-bond acceptors (Lipinski definition) is 16. The number of fused-ring (bicyclic) bond motifs is 2. The van der Waals surface area contributed by atoms with Crippen LogP contribution in [0.25, 0.3) is 0 Å². The number of nitrogens with one attached hydrogen (secondary N) is 4. The molecule has 6 rings (SSSR count). The van der Waals surface area contributed by atoms with Crippen molar-refractivity contribution in [3.05, 3.63) is 115 Å². The van der Waals surface area contributed by atoms with Crippen LogP contribution in [0, 0.1) is 0 Å². The van der Waals surface area contributed by atoms with Crippen molar-refractivity contribution >= 4 is 78.3 Å². The van der Waals surface area contributed by atoms with Gasteiger partial charge in [-0.1, -0.05) is 46.4 Å². The molecule has 0 aromatic heterocycles. The van der Waals surface area contributed by atoms with Crippen LogP contribution in [0.2, 0.25) is 20.1 Å². The highest BCUT2D eigenvalue weighted by molar-refractivity contribution is 7.89. The maximum Gasteiger partial charge on any atom is 0.252 e. The van der Waals surface area contributed by atoms with E-state index in [0.29, 0.717) is 44.4 Å². The van der Waals surface area contributed by atoms with Crippen molar-refractivity contribution in [1.82, 2.24) is 29.9 Å². The van der Waals surface area contributed by atoms with Crippen LogP contribution >= 0.6 is 46.4 Å². The first-order chi connectivity index (χ1) is 36.2. The zero-order valence-electron chi connectivity index (χ0n) is 42.3. The Hall–Kier alpha value is -3.92. The normalized spacial score (nSPS) is 18.1. The minimum Gasteiger partial charge on any atom is -0.484 e. The second-order valence-electron chi connectivity index (χ2n) is 18.1. The van der Waals surface area contributed by atoms with Gasteiger partial charge in [0.05, 0.1) is 74.7 Å². The second kappa shape index (κ2) is 28.8. The number of carbonyl (C=O) groups excluding carboxylic acids is 2. The molecular formula is C50H64Cl4N6O14S2. The van der Waals surface area contributed by atoms with Gasteiger partial charge in [-0.2, -0.15) is 0 Å². The Morgan fingerprint density at radius 1 is 0.539 bits per heavy atom. The van der Waals surface area contributed by atoms with E-state index in [1.807, 2.05) is 40.3 Å². The van der Waals surface area contributed by atoms with Crippen LogP contribution in [0.3, 0.4) is 0 Å². The number of rotatable bonds is 31. The van der Waals surface area contributed by atoms with Crippen molar-refractivity contribution < 1.29 is 65.1 Å². The van der Waals surface area contributed by atoms with E-state index >= 15 is 0 Å². The SMILES string of the molecule is CN(C)[C@H]1Cc2c(Cl)cc(Cl)cc2[C@@H]1Oc1ccc(S(=O)(=O)NCCOCCOCCNC(=O)[C@@H](O)[C@H](O)C(=O)NCCOCCOCCNS(=O)(=O)c2ccc(O[C@H]3c4cc(Cl)cc(Cl)c4C[C@@H]3N(C)C)cc2)cc1. The van der Waals surface area contributed by atoms with Gasteiger partial charge in [0.15, 0.2) is 12.2 Å². The second-order valence-corrected chi connectivity index (χ2v) is 23.3. The van der Waals surface area contributed by atoms with Crippen LogP contribution in [0.4, 0.5) is 0 Å². The van der Waals surface area contributed by atoms with Gasteiger partial charge in [0.1, 0.15) is 23.7 Å².